The number of rotatable bonds is 5. The van der Waals surface area contributed by atoms with Crippen molar-refractivity contribution in [3.63, 3.8) is 0 Å². The number of hydrogen-bond acceptors (Lipinski definition) is 6. The van der Waals surface area contributed by atoms with Crippen molar-refractivity contribution in [3.8, 4) is 0 Å². The van der Waals surface area contributed by atoms with Gasteiger partial charge in [-0.3, -0.25) is 9.45 Å². The van der Waals surface area contributed by atoms with Gasteiger partial charge in [-0.1, -0.05) is 29.3 Å². The highest BCUT2D eigenvalue weighted by atomic mass is 35.5. The van der Waals surface area contributed by atoms with Gasteiger partial charge in [-0.25, -0.2) is 14.5 Å². The van der Waals surface area contributed by atoms with Crippen LogP contribution >= 0.6 is 23.2 Å². The zero-order valence-electron chi connectivity index (χ0n) is 21.0. The summed E-state index contributed by atoms with van der Waals surface area (Å²) in [7, 11) is -0.548. The minimum Gasteiger partial charge on any atom is -0.368 e. The van der Waals surface area contributed by atoms with Crippen molar-refractivity contribution in [2.45, 2.75) is 38.1 Å². The molecule has 0 bridgehead atoms. The third kappa shape index (κ3) is 9.59. The highest BCUT2D eigenvalue weighted by Gasteiger charge is 2.32. The highest BCUT2D eigenvalue weighted by Crippen LogP contribution is 2.33. The summed E-state index contributed by atoms with van der Waals surface area (Å²) in [5.74, 6) is 0.646. The largest absolute Gasteiger partial charge is 0.368 e. The van der Waals surface area contributed by atoms with E-state index in [0.29, 0.717) is 22.2 Å². The van der Waals surface area contributed by atoms with Crippen LogP contribution in [0.25, 0.3) is 0 Å². The van der Waals surface area contributed by atoms with Crippen LogP contribution in [0.3, 0.4) is 0 Å². The van der Waals surface area contributed by atoms with E-state index >= 15 is 0 Å². The zero-order valence-corrected chi connectivity index (χ0v) is 23.4. The van der Waals surface area contributed by atoms with E-state index in [0.717, 1.165) is 70.5 Å². The minimum absolute atomic E-state index is 0.0258. The third-order valence-electron chi connectivity index (χ3n) is 6.54. The van der Waals surface area contributed by atoms with Gasteiger partial charge in [-0.2, -0.15) is 8.42 Å². The van der Waals surface area contributed by atoms with Crippen molar-refractivity contribution in [3.05, 3.63) is 28.2 Å². The van der Waals surface area contributed by atoms with Crippen LogP contribution in [0.2, 0.25) is 10.0 Å². The van der Waals surface area contributed by atoms with Gasteiger partial charge in [0.15, 0.2) is 0 Å². The second-order valence-corrected chi connectivity index (χ2v) is 11.3. The predicted octanol–water partition coefficient (Wildman–Crippen LogP) is 3.55. The van der Waals surface area contributed by atoms with Gasteiger partial charge >= 0.3 is 12.1 Å². The maximum Gasteiger partial charge on any atom is 0.325 e. The van der Waals surface area contributed by atoms with E-state index < -0.39 is 10.1 Å². The van der Waals surface area contributed by atoms with Crippen molar-refractivity contribution in [1.29, 1.82) is 0 Å². The lowest BCUT2D eigenvalue weighted by molar-refractivity contribution is 0.143. The molecule has 204 valence electrons. The summed E-state index contributed by atoms with van der Waals surface area (Å²) in [6, 6.07) is 5.11. The van der Waals surface area contributed by atoms with Crippen molar-refractivity contribution in [2.24, 2.45) is 5.92 Å². The second kappa shape index (κ2) is 14.2. The average Bonchev–Trinajstić information content (AvgIpc) is 2.84. The molecule has 1 aliphatic carbocycles. The van der Waals surface area contributed by atoms with Crippen molar-refractivity contribution in [1.82, 2.24) is 20.4 Å². The summed E-state index contributed by atoms with van der Waals surface area (Å²) >= 11 is 12.5. The van der Waals surface area contributed by atoms with Crippen LogP contribution in [0.4, 0.5) is 15.3 Å². The molecule has 0 radical (unpaired) electrons. The Kier molecular flexibility index (Phi) is 12.0. The first kappa shape index (κ1) is 30.4. The Bertz CT molecular complexity index is 957. The average molecular weight is 567 g/mol. The van der Waals surface area contributed by atoms with Gasteiger partial charge in [0.2, 0.25) is 0 Å². The lowest BCUT2D eigenvalue weighted by Gasteiger charge is -2.38. The van der Waals surface area contributed by atoms with Gasteiger partial charge in [0.25, 0.3) is 10.1 Å². The molecule has 1 aliphatic heterocycles. The van der Waals surface area contributed by atoms with Gasteiger partial charge in [-0.15, -0.1) is 0 Å². The first-order valence-electron chi connectivity index (χ1n) is 12.0. The number of nitrogens with zero attached hydrogens (tertiary/aromatic N) is 3. The number of hydrogen-bond donors (Lipinski definition) is 3. The molecule has 0 aromatic heterocycles. The molecule has 3 N–H and O–H groups in total. The zero-order chi connectivity index (χ0) is 26.9. The summed E-state index contributed by atoms with van der Waals surface area (Å²) in [6.07, 6.45) is 5.71. The SMILES string of the molecule is CNC(=O)N(C(=O)NC)C1CCC(CCN2CCN(c3cccc(Cl)c3Cl)CC2)CC1.CS(=O)(=O)O. The summed E-state index contributed by atoms with van der Waals surface area (Å²) in [6.45, 7) is 5.00. The molecule has 1 aromatic carbocycles. The molecule has 10 nitrogen and oxygen atoms in total. The monoisotopic (exact) mass is 565 g/mol. The summed E-state index contributed by atoms with van der Waals surface area (Å²) in [5, 5.41) is 6.39. The molecular weight excluding hydrogens is 529 g/mol. The summed E-state index contributed by atoms with van der Waals surface area (Å²) < 4.78 is 25.9. The van der Waals surface area contributed by atoms with Crippen LogP contribution in [0, 0.1) is 5.92 Å². The molecule has 0 atom stereocenters. The summed E-state index contributed by atoms with van der Waals surface area (Å²) in [5.41, 5.74) is 1.02. The maximum atomic E-state index is 12.1. The number of halogens is 2. The number of carbonyl (C=O) groups is 2. The number of piperazine rings is 1. The standard InChI is InChI=1S/C22H33Cl2N5O2.CH4O3S/c1-25-21(30)29(22(31)26-2)17-8-6-16(7-9-17)10-11-27-12-14-28(15-13-27)19-5-3-4-18(23)20(19)24;1-5(2,3)4/h3-5,16-17H,6-15H2,1-2H3,(H,25,30)(H,26,31);1H3,(H,2,3,4). The van der Waals surface area contributed by atoms with Crippen LogP contribution in [0.5, 0.6) is 0 Å². The van der Waals surface area contributed by atoms with E-state index in [1.165, 1.54) is 4.90 Å². The highest BCUT2D eigenvalue weighted by molar-refractivity contribution is 7.85. The minimum atomic E-state index is -3.67. The molecule has 1 saturated carbocycles. The molecule has 36 heavy (non-hydrogen) atoms. The van der Waals surface area contributed by atoms with E-state index in [4.69, 9.17) is 27.8 Å². The Hall–Kier alpha value is -1.79. The molecule has 1 saturated heterocycles. The Labute approximate surface area is 224 Å². The molecule has 0 spiro atoms. The molecule has 4 amide bonds. The number of carbonyl (C=O) groups excluding carboxylic acids is 2. The lowest BCUT2D eigenvalue weighted by Crippen LogP contribution is -2.53. The fourth-order valence-corrected chi connectivity index (χ4v) is 5.09. The second-order valence-electron chi connectivity index (χ2n) is 9.08. The maximum absolute atomic E-state index is 12.1. The molecular formula is C23H37Cl2N5O5S. The van der Waals surface area contributed by atoms with Crippen molar-refractivity contribution in [2.75, 3.05) is 58.0 Å². The Morgan fingerprint density at radius 1 is 1.03 bits per heavy atom. The fourth-order valence-electron chi connectivity index (χ4n) is 4.67. The Balaban J connectivity index is 0.000000830. The van der Waals surface area contributed by atoms with Crippen LogP contribution in [0.1, 0.15) is 32.1 Å². The lowest BCUT2D eigenvalue weighted by atomic mass is 9.83. The summed E-state index contributed by atoms with van der Waals surface area (Å²) in [4.78, 5) is 30.4. The van der Waals surface area contributed by atoms with E-state index in [-0.39, 0.29) is 18.1 Å². The molecule has 2 aliphatic rings. The topological polar surface area (TPSA) is 122 Å². The van der Waals surface area contributed by atoms with E-state index in [9.17, 15) is 18.0 Å². The fraction of sp³-hybridized carbons (Fsp3) is 0.652. The first-order valence-corrected chi connectivity index (χ1v) is 14.6. The first-order chi connectivity index (χ1) is 16.9. The van der Waals surface area contributed by atoms with E-state index in [2.05, 4.69) is 20.4 Å². The van der Waals surface area contributed by atoms with Crippen molar-refractivity contribution < 1.29 is 22.6 Å². The number of urea groups is 2. The molecule has 0 unspecified atom stereocenters. The number of imide groups is 1. The number of nitrogens with one attached hydrogen (secondary N) is 2. The van der Waals surface area contributed by atoms with Gasteiger partial charge < -0.3 is 15.5 Å². The Morgan fingerprint density at radius 3 is 2.06 bits per heavy atom. The van der Waals surface area contributed by atoms with Gasteiger partial charge in [0, 0.05) is 46.3 Å². The predicted molar refractivity (Wildman–Crippen MR) is 144 cm³/mol. The Morgan fingerprint density at radius 2 is 1.56 bits per heavy atom. The molecule has 13 heteroatoms. The van der Waals surface area contributed by atoms with Crippen LogP contribution in [-0.4, -0.2) is 93.9 Å². The number of anilines is 1. The van der Waals surface area contributed by atoms with Gasteiger partial charge in [0.05, 0.1) is 22.0 Å². The normalized spacial score (nSPS) is 20.7. The van der Waals surface area contributed by atoms with Gasteiger partial charge in [-0.05, 0) is 56.7 Å². The number of amides is 4. The molecule has 3 rings (SSSR count). The third-order valence-corrected chi connectivity index (χ3v) is 7.35. The number of benzene rings is 1. The van der Waals surface area contributed by atoms with Crippen LogP contribution in [0.15, 0.2) is 18.2 Å². The molecule has 2 fully saturated rings. The quantitative estimate of drug-likeness (QED) is 0.466. The smallest absolute Gasteiger partial charge is 0.325 e. The van der Waals surface area contributed by atoms with E-state index in [1.54, 1.807) is 14.1 Å². The van der Waals surface area contributed by atoms with Crippen LogP contribution in [-0.2, 0) is 10.1 Å². The molecule has 1 heterocycles. The molecule has 1 aromatic rings. The van der Waals surface area contributed by atoms with Crippen molar-refractivity contribution >= 4 is 51.1 Å². The van der Waals surface area contributed by atoms with Crippen LogP contribution < -0.4 is 15.5 Å². The van der Waals surface area contributed by atoms with E-state index in [1.807, 2.05) is 18.2 Å². The van der Waals surface area contributed by atoms with Gasteiger partial charge in [0.1, 0.15) is 0 Å².